The Bertz CT molecular complexity index is 132. The summed E-state index contributed by atoms with van der Waals surface area (Å²) in [5.74, 6) is 0.571. The minimum absolute atomic E-state index is 0.245. The zero-order valence-electron chi connectivity index (χ0n) is 8.59. The number of ether oxygens (including phenoxy) is 1. The molecule has 0 bridgehead atoms. The fourth-order valence-corrected chi connectivity index (χ4v) is 1.72. The normalized spacial score (nSPS) is 15.8. The molecule has 1 atom stereocenters. The molecule has 0 N–H and O–H groups in total. The van der Waals surface area contributed by atoms with Gasteiger partial charge in [-0.1, -0.05) is 27.2 Å². The van der Waals surface area contributed by atoms with Crippen molar-refractivity contribution >= 4 is 6.47 Å². The molecule has 0 heterocycles. The van der Waals surface area contributed by atoms with Crippen LogP contribution in [0.2, 0.25) is 0 Å². The predicted molar refractivity (Wildman–Crippen MR) is 49.9 cm³/mol. The lowest BCUT2D eigenvalue weighted by atomic mass is 9.90. The highest BCUT2D eigenvalue weighted by atomic mass is 16.5. The van der Waals surface area contributed by atoms with E-state index in [1.54, 1.807) is 0 Å². The van der Waals surface area contributed by atoms with E-state index in [4.69, 9.17) is 4.74 Å². The Balaban J connectivity index is 4.06. The van der Waals surface area contributed by atoms with Gasteiger partial charge in [-0.3, -0.25) is 4.79 Å². The molecule has 0 aliphatic heterocycles. The van der Waals surface area contributed by atoms with E-state index in [0.29, 0.717) is 12.4 Å². The van der Waals surface area contributed by atoms with Crippen molar-refractivity contribution in [1.29, 1.82) is 0 Å². The molecule has 12 heavy (non-hydrogen) atoms. The van der Waals surface area contributed by atoms with Gasteiger partial charge >= 0.3 is 0 Å². The van der Waals surface area contributed by atoms with Gasteiger partial charge in [-0.25, -0.2) is 0 Å². The van der Waals surface area contributed by atoms with Crippen LogP contribution in [0.3, 0.4) is 0 Å². The minimum Gasteiger partial charge on any atom is -0.462 e. The van der Waals surface area contributed by atoms with Crippen molar-refractivity contribution < 1.29 is 9.53 Å². The highest BCUT2D eigenvalue weighted by molar-refractivity contribution is 5.38. The number of hydrogen-bond acceptors (Lipinski definition) is 2. The standard InChI is InChI=1S/C10H20O2/c1-5-6-10(4,12-8-11)7-9(2)3/h8-9H,5-7H2,1-4H3. The van der Waals surface area contributed by atoms with Crippen molar-refractivity contribution in [2.75, 3.05) is 0 Å². The summed E-state index contributed by atoms with van der Waals surface area (Å²) in [5.41, 5.74) is -0.245. The second kappa shape index (κ2) is 5.18. The molecule has 0 aromatic carbocycles. The maximum Gasteiger partial charge on any atom is 0.293 e. The van der Waals surface area contributed by atoms with Crippen LogP contribution in [0.4, 0.5) is 0 Å². The molecule has 1 unspecified atom stereocenters. The zero-order chi connectivity index (χ0) is 9.61. The van der Waals surface area contributed by atoms with E-state index in [9.17, 15) is 4.79 Å². The average molecular weight is 172 g/mol. The maximum absolute atomic E-state index is 10.3. The van der Waals surface area contributed by atoms with Crippen LogP contribution >= 0.6 is 0 Å². The second-order valence-corrected chi connectivity index (χ2v) is 4.01. The summed E-state index contributed by atoms with van der Waals surface area (Å²) in [6.45, 7) is 8.96. The van der Waals surface area contributed by atoms with E-state index in [2.05, 4.69) is 20.8 Å². The summed E-state index contributed by atoms with van der Waals surface area (Å²) in [6.07, 6.45) is 2.94. The lowest BCUT2D eigenvalue weighted by Gasteiger charge is -2.28. The summed E-state index contributed by atoms with van der Waals surface area (Å²) >= 11 is 0. The van der Waals surface area contributed by atoms with E-state index in [1.807, 2.05) is 6.92 Å². The van der Waals surface area contributed by atoms with Gasteiger partial charge in [0.1, 0.15) is 5.60 Å². The Morgan fingerprint density at radius 3 is 2.42 bits per heavy atom. The Morgan fingerprint density at radius 1 is 1.50 bits per heavy atom. The number of carbonyl (C=O) groups excluding carboxylic acids is 1. The van der Waals surface area contributed by atoms with Gasteiger partial charge in [-0.15, -0.1) is 0 Å². The number of carbonyl (C=O) groups is 1. The molecule has 0 radical (unpaired) electrons. The first-order chi connectivity index (χ1) is 5.54. The van der Waals surface area contributed by atoms with Crippen molar-refractivity contribution in [1.82, 2.24) is 0 Å². The Hall–Kier alpha value is -0.530. The smallest absolute Gasteiger partial charge is 0.293 e. The van der Waals surface area contributed by atoms with Gasteiger partial charge in [-0.05, 0) is 25.7 Å². The SMILES string of the molecule is CCCC(C)(CC(C)C)OC=O. The largest absolute Gasteiger partial charge is 0.462 e. The third-order valence-electron chi connectivity index (χ3n) is 1.95. The first kappa shape index (κ1) is 11.5. The Labute approximate surface area is 75.3 Å². The van der Waals surface area contributed by atoms with Gasteiger partial charge in [0.2, 0.25) is 0 Å². The van der Waals surface area contributed by atoms with Crippen LogP contribution in [0.1, 0.15) is 47.0 Å². The lowest BCUT2D eigenvalue weighted by Crippen LogP contribution is -2.29. The third kappa shape index (κ3) is 4.37. The topological polar surface area (TPSA) is 26.3 Å². The van der Waals surface area contributed by atoms with Crippen molar-refractivity contribution in [3.05, 3.63) is 0 Å². The van der Waals surface area contributed by atoms with E-state index in [-0.39, 0.29) is 5.60 Å². The fraction of sp³-hybridized carbons (Fsp3) is 0.900. The van der Waals surface area contributed by atoms with Gasteiger partial charge in [0.05, 0.1) is 0 Å². The van der Waals surface area contributed by atoms with Gasteiger partial charge in [-0.2, -0.15) is 0 Å². The molecule has 2 heteroatoms. The molecule has 0 amide bonds. The molecular formula is C10H20O2. The molecule has 72 valence electrons. The number of hydrogen-bond donors (Lipinski definition) is 0. The van der Waals surface area contributed by atoms with Crippen LogP contribution in [0, 0.1) is 5.92 Å². The highest BCUT2D eigenvalue weighted by Crippen LogP contribution is 2.25. The van der Waals surface area contributed by atoms with Crippen LogP contribution in [-0.2, 0) is 9.53 Å². The van der Waals surface area contributed by atoms with Crippen LogP contribution in [0.15, 0.2) is 0 Å². The molecule has 0 aromatic rings. The second-order valence-electron chi connectivity index (χ2n) is 4.01. The Kier molecular flexibility index (Phi) is 4.95. The summed E-state index contributed by atoms with van der Waals surface area (Å²) in [6, 6.07) is 0. The third-order valence-corrected chi connectivity index (χ3v) is 1.95. The van der Waals surface area contributed by atoms with Crippen molar-refractivity contribution in [2.45, 2.75) is 52.6 Å². The molecule has 0 saturated carbocycles. The zero-order valence-corrected chi connectivity index (χ0v) is 8.59. The first-order valence-corrected chi connectivity index (χ1v) is 4.65. The van der Waals surface area contributed by atoms with E-state index < -0.39 is 0 Å². The van der Waals surface area contributed by atoms with E-state index in [0.717, 1.165) is 19.3 Å². The predicted octanol–water partition coefficient (Wildman–Crippen LogP) is 2.76. The summed E-state index contributed by atoms with van der Waals surface area (Å²) in [7, 11) is 0. The molecule has 0 spiro atoms. The van der Waals surface area contributed by atoms with Gasteiger partial charge in [0.25, 0.3) is 6.47 Å². The summed E-state index contributed by atoms with van der Waals surface area (Å²) in [5, 5.41) is 0. The van der Waals surface area contributed by atoms with Crippen molar-refractivity contribution in [3.63, 3.8) is 0 Å². The van der Waals surface area contributed by atoms with E-state index >= 15 is 0 Å². The monoisotopic (exact) mass is 172 g/mol. The molecule has 0 aromatic heterocycles. The fourth-order valence-electron chi connectivity index (χ4n) is 1.72. The van der Waals surface area contributed by atoms with Crippen molar-refractivity contribution in [3.8, 4) is 0 Å². The molecular weight excluding hydrogens is 152 g/mol. The van der Waals surface area contributed by atoms with Crippen LogP contribution in [0.25, 0.3) is 0 Å². The molecule has 0 fully saturated rings. The quantitative estimate of drug-likeness (QED) is 0.576. The average Bonchev–Trinajstić information content (AvgIpc) is 1.85. The molecule has 0 aliphatic carbocycles. The van der Waals surface area contributed by atoms with Crippen LogP contribution < -0.4 is 0 Å². The molecule has 2 nitrogen and oxygen atoms in total. The number of rotatable bonds is 6. The molecule has 0 saturated heterocycles. The highest BCUT2D eigenvalue weighted by Gasteiger charge is 2.25. The summed E-state index contributed by atoms with van der Waals surface area (Å²) in [4.78, 5) is 10.3. The molecule has 0 aliphatic rings. The van der Waals surface area contributed by atoms with Gasteiger partial charge in [0, 0.05) is 0 Å². The first-order valence-electron chi connectivity index (χ1n) is 4.65. The van der Waals surface area contributed by atoms with Crippen LogP contribution in [-0.4, -0.2) is 12.1 Å². The maximum atomic E-state index is 10.3. The minimum atomic E-state index is -0.245. The lowest BCUT2D eigenvalue weighted by molar-refractivity contribution is -0.144. The molecule has 0 rings (SSSR count). The summed E-state index contributed by atoms with van der Waals surface area (Å²) < 4.78 is 5.10. The van der Waals surface area contributed by atoms with Gasteiger partial charge in [0.15, 0.2) is 0 Å². The van der Waals surface area contributed by atoms with Crippen molar-refractivity contribution in [2.24, 2.45) is 5.92 Å². The van der Waals surface area contributed by atoms with Gasteiger partial charge < -0.3 is 4.74 Å². The Morgan fingerprint density at radius 2 is 2.08 bits per heavy atom. The van der Waals surface area contributed by atoms with E-state index in [1.165, 1.54) is 0 Å². The van der Waals surface area contributed by atoms with Crippen LogP contribution in [0.5, 0.6) is 0 Å².